The summed E-state index contributed by atoms with van der Waals surface area (Å²) in [5.74, 6) is 3.66. The average Bonchev–Trinajstić information content (AvgIpc) is 2.73. The van der Waals surface area contributed by atoms with E-state index in [9.17, 15) is 0 Å². The highest BCUT2D eigenvalue weighted by molar-refractivity contribution is 5.36. The summed E-state index contributed by atoms with van der Waals surface area (Å²) in [6.07, 6.45) is 11.8. The summed E-state index contributed by atoms with van der Waals surface area (Å²) in [7, 11) is 0. The van der Waals surface area contributed by atoms with Crippen molar-refractivity contribution in [3.8, 4) is 0 Å². The summed E-state index contributed by atoms with van der Waals surface area (Å²) in [5.41, 5.74) is 3.18. The Labute approximate surface area is 123 Å². The lowest BCUT2D eigenvalue weighted by molar-refractivity contribution is 0.388. The van der Waals surface area contributed by atoms with Crippen molar-refractivity contribution in [2.75, 3.05) is 0 Å². The molecule has 2 aliphatic carbocycles. The van der Waals surface area contributed by atoms with Crippen LogP contribution in [-0.4, -0.2) is 0 Å². The first-order valence-corrected chi connectivity index (χ1v) is 8.16. The second-order valence-corrected chi connectivity index (χ2v) is 6.62. The molecule has 0 heteroatoms. The molecule has 0 spiro atoms. The molecule has 0 nitrogen and oxygen atoms in total. The van der Waals surface area contributed by atoms with Crippen molar-refractivity contribution in [3.05, 3.63) is 59.7 Å². The summed E-state index contributed by atoms with van der Waals surface area (Å²) in [4.78, 5) is 0. The number of aryl methyl sites for hydroxylation is 1. The largest absolute Gasteiger partial charge is 0.0805 e. The topological polar surface area (TPSA) is 0 Å². The average molecular weight is 266 g/mol. The van der Waals surface area contributed by atoms with Crippen LogP contribution in [0.25, 0.3) is 0 Å². The molecule has 0 amide bonds. The lowest BCUT2D eigenvalue weighted by Crippen LogP contribution is -2.15. The van der Waals surface area contributed by atoms with E-state index >= 15 is 0 Å². The molecule has 0 N–H and O–H groups in total. The van der Waals surface area contributed by atoms with E-state index in [1.807, 2.05) is 0 Å². The molecule has 20 heavy (non-hydrogen) atoms. The first-order chi connectivity index (χ1) is 9.74. The SMILES string of the molecule is CCCc1ccccc1C1C(C)C(C)C2C=CC=CC21. The van der Waals surface area contributed by atoms with Gasteiger partial charge < -0.3 is 0 Å². The van der Waals surface area contributed by atoms with Gasteiger partial charge in [-0.3, -0.25) is 0 Å². The van der Waals surface area contributed by atoms with Gasteiger partial charge in [0.25, 0.3) is 0 Å². The van der Waals surface area contributed by atoms with E-state index in [2.05, 4.69) is 69.3 Å². The number of allylic oxidation sites excluding steroid dienone is 4. The Kier molecular flexibility index (Phi) is 3.83. The van der Waals surface area contributed by atoms with Crippen molar-refractivity contribution in [3.63, 3.8) is 0 Å². The van der Waals surface area contributed by atoms with Gasteiger partial charge in [0.1, 0.15) is 0 Å². The van der Waals surface area contributed by atoms with Crippen molar-refractivity contribution in [1.82, 2.24) is 0 Å². The second kappa shape index (κ2) is 5.60. The zero-order valence-electron chi connectivity index (χ0n) is 12.9. The minimum absolute atomic E-state index is 0.693. The van der Waals surface area contributed by atoms with Crippen LogP contribution < -0.4 is 0 Å². The van der Waals surface area contributed by atoms with Crippen LogP contribution >= 0.6 is 0 Å². The smallest absolute Gasteiger partial charge is 0.00620 e. The number of hydrogen-bond donors (Lipinski definition) is 0. The van der Waals surface area contributed by atoms with E-state index in [0.717, 1.165) is 17.8 Å². The van der Waals surface area contributed by atoms with Crippen molar-refractivity contribution in [2.45, 2.75) is 39.5 Å². The van der Waals surface area contributed by atoms with Gasteiger partial charge >= 0.3 is 0 Å². The quantitative estimate of drug-likeness (QED) is 0.690. The summed E-state index contributed by atoms with van der Waals surface area (Å²) >= 11 is 0. The van der Waals surface area contributed by atoms with Crippen molar-refractivity contribution >= 4 is 0 Å². The Bertz CT molecular complexity index is 523. The highest BCUT2D eigenvalue weighted by Crippen LogP contribution is 2.53. The van der Waals surface area contributed by atoms with E-state index in [1.54, 1.807) is 11.1 Å². The van der Waals surface area contributed by atoms with Crippen LogP contribution in [0.2, 0.25) is 0 Å². The maximum absolute atomic E-state index is 2.46. The molecule has 0 aliphatic heterocycles. The van der Waals surface area contributed by atoms with E-state index in [-0.39, 0.29) is 0 Å². The van der Waals surface area contributed by atoms with Gasteiger partial charge in [-0.1, -0.05) is 75.8 Å². The molecule has 0 radical (unpaired) electrons. The van der Waals surface area contributed by atoms with Crippen LogP contribution in [0.3, 0.4) is 0 Å². The van der Waals surface area contributed by atoms with Gasteiger partial charge in [0, 0.05) is 0 Å². The van der Waals surface area contributed by atoms with E-state index < -0.39 is 0 Å². The molecule has 5 atom stereocenters. The summed E-state index contributed by atoms with van der Waals surface area (Å²) in [6, 6.07) is 9.15. The molecule has 0 saturated heterocycles. The van der Waals surface area contributed by atoms with Crippen molar-refractivity contribution in [1.29, 1.82) is 0 Å². The zero-order valence-corrected chi connectivity index (χ0v) is 12.9. The third kappa shape index (κ3) is 2.16. The highest BCUT2D eigenvalue weighted by atomic mass is 14.5. The Morgan fingerprint density at radius 2 is 1.60 bits per heavy atom. The molecular formula is C20H26. The fraction of sp³-hybridized carbons (Fsp3) is 0.500. The lowest BCUT2D eigenvalue weighted by atomic mass is 9.78. The number of fused-ring (bicyclic) bond motifs is 1. The van der Waals surface area contributed by atoms with Crippen molar-refractivity contribution in [2.24, 2.45) is 23.7 Å². The summed E-state index contributed by atoms with van der Waals surface area (Å²) in [6.45, 7) is 7.18. The molecule has 0 heterocycles. The van der Waals surface area contributed by atoms with Crippen molar-refractivity contribution < 1.29 is 0 Å². The summed E-state index contributed by atoms with van der Waals surface area (Å²) in [5, 5.41) is 0. The molecular weight excluding hydrogens is 240 g/mol. The van der Waals surface area contributed by atoms with Gasteiger partial charge in [-0.2, -0.15) is 0 Å². The lowest BCUT2D eigenvalue weighted by Gasteiger charge is -2.26. The molecule has 0 aromatic heterocycles. The minimum Gasteiger partial charge on any atom is -0.0805 e. The van der Waals surface area contributed by atoms with Crippen LogP contribution in [-0.2, 0) is 6.42 Å². The fourth-order valence-corrected chi connectivity index (χ4v) is 4.40. The predicted molar refractivity (Wildman–Crippen MR) is 86.8 cm³/mol. The van der Waals surface area contributed by atoms with Crippen LogP contribution in [0, 0.1) is 23.7 Å². The molecule has 0 bridgehead atoms. The van der Waals surface area contributed by atoms with Gasteiger partial charge in [0.05, 0.1) is 0 Å². The van der Waals surface area contributed by atoms with Crippen LogP contribution in [0.5, 0.6) is 0 Å². The molecule has 1 fully saturated rings. The summed E-state index contributed by atoms with van der Waals surface area (Å²) < 4.78 is 0. The molecule has 5 unspecified atom stereocenters. The number of rotatable bonds is 3. The molecule has 106 valence electrons. The Hall–Kier alpha value is -1.30. The Balaban J connectivity index is 2.01. The third-order valence-corrected chi connectivity index (χ3v) is 5.57. The first kappa shape index (κ1) is 13.7. The molecule has 1 aromatic rings. The normalized spacial score (nSPS) is 35.2. The monoisotopic (exact) mass is 266 g/mol. The highest BCUT2D eigenvalue weighted by Gasteiger charge is 2.45. The predicted octanol–water partition coefficient (Wildman–Crippen LogP) is 5.37. The second-order valence-electron chi connectivity index (χ2n) is 6.62. The van der Waals surface area contributed by atoms with E-state index in [4.69, 9.17) is 0 Å². The van der Waals surface area contributed by atoms with Gasteiger partial charge in [-0.15, -0.1) is 0 Å². The van der Waals surface area contributed by atoms with Gasteiger partial charge in [-0.05, 0) is 47.1 Å². The van der Waals surface area contributed by atoms with Crippen LogP contribution in [0.1, 0.15) is 44.2 Å². The maximum Gasteiger partial charge on any atom is -0.00620 e. The first-order valence-electron chi connectivity index (χ1n) is 8.16. The number of benzene rings is 1. The van der Waals surface area contributed by atoms with Gasteiger partial charge in [0.2, 0.25) is 0 Å². The maximum atomic E-state index is 2.46. The third-order valence-electron chi connectivity index (χ3n) is 5.57. The molecule has 1 aromatic carbocycles. The number of hydrogen-bond acceptors (Lipinski definition) is 0. The zero-order chi connectivity index (χ0) is 14.1. The molecule has 2 aliphatic rings. The Morgan fingerprint density at radius 3 is 2.35 bits per heavy atom. The molecule has 3 rings (SSSR count). The van der Waals surface area contributed by atoms with Gasteiger partial charge in [-0.25, -0.2) is 0 Å². The van der Waals surface area contributed by atoms with Crippen LogP contribution in [0.4, 0.5) is 0 Å². The van der Waals surface area contributed by atoms with Crippen LogP contribution in [0.15, 0.2) is 48.6 Å². The van der Waals surface area contributed by atoms with E-state index in [1.165, 1.54) is 12.8 Å². The fourth-order valence-electron chi connectivity index (χ4n) is 4.40. The van der Waals surface area contributed by atoms with Gasteiger partial charge in [0.15, 0.2) is 0 Å². The Morgan fingerprint density at radius 1 is 0.900 bits per heavy atom. The van der Waals surface area contributed by atoms with E-state index in [0.29, 0.717) is 11.8 Å². The minimum atomic E-state index is 0.693. The molecule has 1 saturated carbocycles. The standard InChI is InChI=1S/C20H26/c1-4-9-16-10-5-6-12-18(16)20-15(3)14(2)17-11-7-8-13-19(17)20/h5-8,10-15,17,19-20H,4,9H2,1-3H3.